The van der Waals surface area contributed by atoms with E-state index in [1.54, 1.807) is 11.3 Å². The summed E-state index contributed by atoms with van der Waals surface area (Å²) in [6.45, 7) is 6.49. The van der Waals surface area contributed by atoms with Gasteiger partial charge in [-0.2, -0.15) is 0 Å². The minimum Gasteiger partial charge on any atom is -0.313 e. The van der Waals surface area contributed by atoms with Gasteiger partial charge in [0.05, 0.1) is 10.2 Å². The standard InChI is InChI=1S/C22H20N2OS2/c1-22(2,3)15-10-8-14(9-11-15)19(25)24-20-16(12-13-26-20)21-23-17-6-4-5-7-18(17)27-21/h4-13H,1-3H3,(H,24,25). The molecule has 0 radical (unpaired) electrons. The van der Waals surface area contributed by atoms with Gasteiger partial charge in [-0.15, -0.1) is 22.7 Å². The van der Waals surface area contributed by atoms with Gasteiger partial charge in [0.15, 0.2) is 0 Å². The maximum absolute atomic E-state index is 12.7. The van der Waals surface area contributed by atoms with Crippen molar-refractivity contribution in [2.24, 2.45) is 0 Å². The monoisotopic (exact) mass is 392 g/mol. The molecule has 2 heterocycles. The predicted molar refractivity (Wildman–Crippen MR) is 116 cm³/mol. The Kier molecular flexibility index (Phi) is 4.58. The molecule has 0 bridgehead atoms. The van der Waals surface area contributed by atoms with Gasteiger partial charge in [0.2, 0.25) is 0 Å². The van der Waals surface area contributed by atoms with E-state index >= 15 is 0 Å². The smallest absolute Gasteiger partial charge is 0.256 e. The highest BCUT2D eigenvalue weighted by molar-refractivity contribution is 7.22. The van der Waals surface area contributed by atoms with Crippen LogP contribution in [0.5, 0.6) is 0 Å². The largest absolute Gasteiger partial charge is 0.313 e. The molecule has 0 unspecified atom stereocenters. The average Bonchev–Trinajstić information content (AvgIpc) is 3.27. The molecule has 4 aromatic rings. The minimum atomic E-state index is -0.0970. The zero-order valence-corrected chi connectivity index (χ0v) is 17.1. The summed E-state index contributed by atoms with van der Waals surface area (Å²) in [4.78, 5) is 17.4. The van der Waals surface area contributed by atoms with E-state index in [-0.39, 0.29) is 11.3 Å². The Bertz CT molecular complexity index is 1070. The van der Waals surface area contributed by atoms with Gasteiger partial charge in [-0.05, 0) is 46.7 Å². The summed E-state index contributed by atoms with van der Waals surface area (Å²) in [5.74, 6) is -0.0970. The Morgan fingerprint density at radius 1 is 1.00 bits per heavy atom. The van der Waals surface area contributed by atoms with Crippen LogP contribution in [0.2, 0.25) is 0 Å². The van der Waals surface area contributed by atoms with Gasteiger partial charge in [0.1, 0.15) is 10.0 Å². The maximum atomic E-state index is 12.7. The normalized spacial score (nSPS) is 11.7. The molecule has 136 valence electrons. The number of para-hydroxylation sites is 1. The number of hydrogen-bond donors (Lipinski definition) is 1. The van der Waals surface area contributed by atoms with Gasteiger partial charge in [0, 0.05) is 11.1 Å². The maximum Gasteiger partial charge on any atom is 0.256 e. The molecule has 0 aliphatic rings. The van der Waals surface area contributed by atoms with Crippen LogP contribution in [0.15, 0.2) is 60.0 Å². The van der Waals surface area contributed by atoms with Crippen LogP contribution in [-0.4, -0.2) is 10.9 Å². The second-order valence-corrected chi connectivity index (χ2v) is 9.38. The molecule has 0 saturated heterocycles. The second kappa shape index (κ2) is 6.91. The number of carbonyl (C=O) groups excluding carboxylic acids is 1. The number of carbonyl (C=O) groups is 1. The van der Waals surface area contributed by atoms with Crippen molar-refractivity contribution in [2.45, 2.75) is 26.2 Å². The van der Waals surface area contributed by atoms with E-state index < -0.39 is 0 Å². The first kappa shape index (κ1) is 17.9. The van der Waals surface area contributed by atoms with Crippen LogP contribution in [0.3, 0.4) is 0 Å². The topological polar surface area (TPSA) is 42.0 Å². The van der Waals surface area contributed by atoms with Crippen molar-refractivity contribution in [3.05, 3.63) is 71.1 Å². The van der Waals surface area contributed by atoms with Gasteiger partial charge in [0.25, 0.3) is 5.91 Å². The lowest BCUT2D eigenvalue weighted by Crippen LogP contribution is -2.14. The lowest BCUT2D eigenvalue weighted by Gasteiger charge is -2.19. The van der Waals surface area contributed by atoms with Crippen LogP contribution in [0, 0.1) is 0 Å². The van der Waals surface area contributed by atoms with E-state index in [9.17, 15) is 4.79 Å². The van der Waals surface area contributed by atoms with Crippen LogP contribution >= 0.6 is 22.7 Å². The zero-order chi connectivity index (χ0) is 19.0. The molecule has 2 aromatic carbocycles. The first-order valence-corrected chi connectivity index (χ1v) is 10.5. The highest BCUT2D eigenvalue weighted by Crippen LogP contribution is 2.37. The van der Waals surface area contributed by atoms with Crippen molar-refractivity contribution >= 4 is 43.8 Å². The molecule has 27 heavy (non-hydrogen) atoms. The molecule has 1 amide bonds. The van der Waals surface area contributed by atoms with Crippen LogP contribution in [0.1, 0.15) is 36.7 Å². The van der Waals surface area contributed by atoms with E-state index in [2.05, 4.69) is 32.2 Å². The van der Waals surface area contributed by atoms with Crippen LogP contribution in [0.4, 0.5) is 5.00 Å². The summed E-state index contributed by atoms with van der Waals surface area (Å²) in [5, 5.41) is 6.80. The van der Waals surface area contributed by atoms with E-state index in [1.165, 1.54) is 16.9 Å². The van der Waals surface area contributed by atoms with E-state index in [1.807, 2.05) is 53.9 Å². The van der Waals surface area contributed by atoms with E-state index in [0.717, 1.165) is 25.8 Å². The Hall–Kier alpha value is -2.50. The third-order valence-electron chi connectivity index (χ3n) is 4.43. The quantitative estimate of drug-likeness (QED) is 0.428. The number of aromatic nitrogens is 1. The molecular formula is C22H20N2OS2. The van der Waals surface area contributed by atoms with Gasteiger partial charge >= 0.3 is 0 Å². The fourth-order valence-electron chi connectivity index (χ4n) is 2.86. The number of fused-ring (bicyclic) bond motifs is 1. The van der Waals surface area contributed by atoms with Gasteiger partial charge in [-0.1, -0.05) is 45.0 Å². The molecular weight excluding hydrogens is 372 g/mol. The average molecular weight is 393 g/mol. The Balaban J connectivity index is 1.59. The van der Waals surface area contributed by atoms with Crippen molar-refractivity contribution in [3.8, 4) is 10.6 Å². The van der Waals surface area contributed by atoms with Crippen molar-refractivity contribution in [1.29, 1.82) is 0 Å². The highest BCUT2D eigenvalue weighted by atomic mass is 32.1. The Labute approximate surface area is 166 Å². The highest BCUT2D eigenvalue weighted by Gasteiger charge is 2.17. The fourth-order valence-corrected chi connectivity index (χ4v) is 4.70. The summed E-state index contributed by atoms with van der Waals surface area (Å²) in [6, 6.07) is 17.9. The van der Waals surface area contributed by atoms with E-state index in [4.69, 9.17) is 4.98 Å². The third-order valence-corrected chi connectivity index (χ3v) is 6.33. The summed E-state index contributed by atoms with van der Waals surface area (Å²) in [5.41, 5.74) is 3.90. The van der Waals surface area contributed by atoms with Crippen molar-refractivity contribution in [1.82, 2.24) is 4.98 Å². The first-order valence-electron chi connectivity index (χ1n) is 8.77. The number of nitrogens with one attached hydrogen (secondary N) is 1. The second-order valence-electron chi connectivity index (χ2n) is 7.43. The Morgan fingerprint density at radius 2 is 1.74 bits per heavy atom. The lowest BCUT2D eigenvalue weighted by molar-refractivity contribution is 0.102. The lowest BCUT2D eigenvalue weighted by atomic mass is 9.87. The number of amides is 1. The zero-order valence-electron chi connectivity index (χ0n) is 15.4. The minimum absolute atomic E-state index is 0.0722. The van der Waals surface area contributed by atoms with Gasteiger partial charge < -0.3 is 5.32 Å². The molecule has 2 aromatic heterocycles. The number of thiazole rings is 1. The van der Waals surface area contributed by atoms with Gasteiger partial charge in [-0.25, -0.2) is 4.98 Å². The molecule has 5 heteroatoms. The molecule has 0 spiro atoms. The first-order chi connectivity index (χ1) is 12.9. The fraction of sp³-hybridized carbons (Fsp3) is 0.182. The van der Waals surface area contributed by atoms with Crippen molar-refractivity contribution in [3.63, 3.8) is 0 Å². The van der Waals surface area contributed by atoms with Crippen LogP contribution < -0.4 is 5.32 Å². The molecule has 0 aliphatic carbocycles. The molecule has 4 rings (SSSR count). The molecule has 3 nitrogen and oxygen atoms in total. The third kappa shape index (κ3) is 3.66. The number of nitrogens with zero attached hydrogens (tertiary/aromatic N) is 1. The predicted octanol–water partition coefficient (Wildman–Crippen LogP) is 6.57. The Morgan fingerprint density at radius 3 is 2.44 bits per heavy atom. The van der Waals surface area contributed by atoms with Crippen molar-refractivity contribution in [2.75, 3.05) is 5.32 Å². The SMILES string of the molecule is CC(C)(C)c1ccc(C(=O)Nc2sccc2-c2nc3ccccc3s2)cc1. The van der Waals surface area contributed by atoms with E-state index in [0.29, 0.717) is 5.56 Å². The number of benzene rings is 2. The number of anilines is 1. The molecule has 0 saturated carbocycles. The van der Waals surface area contributed by atoms with Crippen molar-refractivity contribution < 1.29 is 4.79 Å². The van der Waals surface area contributed by atoms with Gasteiger partial charge in [-0.3, -0.25) is 4.79 Å². The summed E-state index contributed by atoms with van der Waals surface area (Å²) >= 11 is 3.16. The number of thiophene rings is 1. The summed E-state index contributed by atoms with van der Waals surface area (Å²) < 4.78 is 1.15. The molecule has 1 N–H and O–H groups in total. The molecule has 0 fully saturated rings. The number of hydrogen-bond acceptors (Lipinski definition) is 4. The summed E-state index contributed by atoms with van der Waals surface area (Å²) in [6.07, 6.45) is 0. The summed E-state index contributed by atoms with van der Waals surface area (Å²) in [7, 11) is 0. The molecule has 0 aliphatic heterocycles. The van der Waals surface area contributed by atoms with Crippen LogP contribution in [0.25, 0.3) is 20.8 Å². The van der Waals surface area contributed by atoms with Crippen LogP contribution in [-0.2, 0) is 5.41 Å². The number of rotatable bonds is 3. The molecule has 0 atom stereocenters.